The summed E-state index contributed by atoms with van der Waals surface area (Å²) >= 11 is 0. The van der Waals surface area contributed by atoms with Crippen LogP contribution in [0.4, 0.5) is 5.69 Å². The molecule has 1 aromatic rings. The molecule has 0 spiro atoms. The monoisotopic (exact) mass is 331 g/mol. The van der Waals surface area contributed by atoms with E-state index in [0.717, 1.165) is 4.90 Å². The fourth-order valence-electron chi connectivity index (χ4n) is 2.64. The van der Waals surface area contributed by atoms with E-state index in [4.69, 9.17) is 4.74 Å². The fourth-order valence-corrected chi connectivity index (χ4v) is 2.64. The van der Waals surface area contributed by atoms with Gasteiger partial charge in [-0.2, -0.15) is 0 Å². The van der Waals surface area contributed by atoms with Crippen LogP contribution >= 0.6 is 0 Å². The SMILES string of the molecule is CN1CCOc2ccc(NC(=O)CN3C(=O)CCC3=O)cc2C1=O. The average Bonchev–Trinajstić information content (AvgIpc) is 2.78. The van der Waals surface area contributed by atoms with Gasteiger partial charge < -0.3 is 15.0 Å². The Morgan fingerprint density at radius 2 is 1.92 bits per heavy atom. The van der Waals surface area contributed by atoms with Crippen LogP contribution in [0.2, 0.25) is 0 Å². The predicted octanol–water partition coefficient (Wildman–Crippen LogP) is 0.238. The van der Waals surface area contributed by atoms with Gasteiger partial charge in [0.05, 0.1) is 12.1 Å². The number of anilines is 1. The van der Waals surface area contributed by atoms with E-state index in [1.807, 2.05) is 0 Å². The second-order valence-corrected chi connectivity index (χ2v) is 5.71. The molecular weight excluding hydrogens is 314 g/mol. The minimum absolute atomic E-state index is 0.142. The van der Waals surface area contributed by atoms with Crippen molar-refractivity contribution in [2.24, 2.45) is 0 Å². The molecule has 0 saturated carbocycles. The van der Waals surface area contributed by atoms with E-state index < -0.39 is 5.91 Å². The number of fused-ring (bicyclic) bond motifs is 1. The van der Waals surface area contributed by atoms with Gasteiger partial charge >= 0.3 is 0 Å². The van der Waals surface area contributed by atoms with Gasteiger partial charge in [-0.3, -0.25) is 24.1 Å². The van der Waals surface area contributed by atoms with Gasteiger partial charge in [-0.25, -0.2) is 0 Å². The van der Waals surface area contributed by atoms with Gasteiger partial charge in [0.25, 0.3) is 5.91 Å². The summed E-state index contributed by atoms with van der Waals surface area (Å²) in [5.74, 6) is -0.908. The van der Waals surface area contributed by atoms with Crippen LogP contribution in [0.1, 0.15) is 23.2 Å². The minimum atomic E-state index is -0.492. The van der Waals surface area contributed by atoms with Gasteiger partial charge in [0.1, 0.15) is 18.9 Å². The molecule has 0 atom stereocenters. The Labute approximate surface area is 138 Å². The number of imide groups is 1. The highest BCUT2D eigenvalue weighted by Crippen LogP contribution is 2.26. The Hall–Kier alpha value is -2.90. The largest absolute Gasteiger partial charge is 0.491 e. The fraction of sp³-hybridized carbons (Fsp3) is 0.375. The van der Waals surface area contributed by atoms with E-state index in [2.05, 4.69) is 5.32 Å². The summed E-state index contributed by atoms with van der Waals surface area (Å²) in [5.41, 5.74) is 0.770. The lowest BCUT2D eigenvalue weighted by atomic mass is 10.1. The Bertz CT molecular complexity index is 714. The molecule has 126 valence electrons. The molecule has 8 nitrogen and oxygen atoms in total. The third-order valence-corrected chi connectivity index (χ3v) is 3.98. The molecule has 0 bridgehead atoms. The lowest BCUT2D eigenvalue weighted by Crippen LogP contribution is -2.36. The summed E-state index contributed by atoms with van der Waals surface area (Å²) in [6.07, 6.45) is 0.284. The zero-order chi connectivity index (χ0) is 17.3. The highest BCUT2D eigenvalue weighted by Gasteiger charge is 2.30. The van der Waals surface area contributed by atoms with E-state index in [-0.39, 0.29) is 37.1 Å². The zero-order valence-corrected chi connectivity index (χ0v) is 13.2. The van der Waals surface area contributed by atoms with Crippen LogP contribution < -0.4 is 10.1 Å². The van der Waals surface area contributed by atoms with Crippen LogP contribution in [0.15, 0.2) is 18.2 Å². The Morgan fingerprint density at radius 1 is 1.21 bits per heavy atom. The molecule has 2 heterocycles. The van der Waals surface area contributed by atoms with E-state index in [1.165, 1.54) is 6.07 Å². The number of carbonyl (C=O) groups is 4. The number of ether oxygens (including phenoxy) is 1. The van der Waals surface area contributed by atoms with E-state index in [9.17, 15) is 19.2 Å². The predicted molar refractivity (Wildman–Crippen MR) is 83.5 cm³/mol. The maximum absolute atomic E-state index is 12.3. The van der Waals surface area contributed by atoms with Gasteiger partial charge in [-0.05, 0) is 18.2 Å². The molecule has 2 aliphatic rings. The summed E-state index contributed by atoms with van der Waals surface area (Å²) in [7, 11) is 1.68. The molecule has 0 aromatic heterocycles. The first-order chi connectivity index (χ1) is 11.5. The number of carbonyl (C=O) groups excluding carboxylic acids is 4. The third kappa shape index (κ3) is 3.08. The van der Waals surface area contributed by atoms with Gasteiger partial charge in [-0.15, -0.1) is 0 Å². The van der Waals surface area contributed by atoms with Crippen LogP contribution in [0.5, 0.6) is 5.75 Å². The van der Waals surface area contributed by atoms with Crippen molar-refractivity contribution in [3.8, 4) is 5.75 Å². The minimum Gasteiger partial charge on any atom is -0.491 e. The average molecular weight is 331 g/mol. The molecule has 8 heteroatoms. The number of amides is 4. The topological polar surface area (TPSA) is 96.0 Å². The molecule has 3 rings (SSSR count). The van der Waals surface area contributed by atoms with E-state index in [1.54, 1.807) is 24.1 Å². The van der Waals surface area contributed by atoms with Crippen molar-refractivity contribution in [2.75, 3.05) is 32.1 Å². The summed E-state index contributed by atoms with van der Waals surface area (Å²) in [6, 6.07) is 4.77. The van der Waals surface area contributed by atoms with Crippen molar-refractivity contribution in [3.63, 3.8) is 0 Å². The molecule has 1 saturated heterocycles. The quantitative estimate of drug-likeness (QED) is 0.800. The number of benzene rings is 1. The van der Waals surface area contributed by atoms with Crippen LogP contribution in [-0.2, 0) is 14.4 Å². The smallest absolute Gasteiger partial charge is 0.257 e. The Morgan fingerprint density at radius 3 is 2.62 bits per heavy atom. The second-order valence-electron chi connectivity index (χ2n) is 5.71. The van der Waals surface area contributed by atoms with Crippen molar-refractivity contribution < 1.29 is 23.9 Å². The molecule has 2 aliphatic heterocycles. The molecule has 24 heavy (non-hydrogen) atoms. The molecular formula is C16H17N3O5. The Balaban J connectivity index is 1.73. The Kier molecular flexibility index (Phi) is 4.20. The summed E-state index contributed by atoms with van der Waals surface area (Å²) in [6.45, 7) is 0.563. The highest BCUT2D eigenvalue weighted by molar-refractivity contribution is 6.06. The number of hydrogen-bond donors (Lipinski definition) is 1. The van der Waals surface area contributed by atoms with Crippen LogP contribution in [0.25, 0.3) is 0 Å². The van der Waals surface area contributed by atoms with Gasteiger partial charge in [0, 0.05) is 25.6 Å². The highest BCUT2D eigenvalue weighted by atomic mass is 16.5. The molecule has 0 unspecified atom stereocenters. The van der Waals surface area contributed by atoms with Crippen molar-refractivity contribution in [1.82, 2.24) is 9.80 Å². The first-order valence-corrected chi connectivity index (χ1v) is 7.61. The maximum atomic E-state index is 12.3. The number of hydrogen-bond acceptors (Lipinski definition) is 5. The number of nitrogens with one attached hydrogen (secondary N) is 1. The van der Waals surface area contributed by atoms with Crippen molar-refractivity contribution in [2.45, 2.75) is 12.8 Å². The molecule has 0 radical (unpaired) electrons. The molecule has 1 fully saturated rings. The summed E-state index contributed by atoms with van der Waals surface area (Å²) in [4.78, 5) is 49.9. The maximum Gasteiger partial charge on any atom is 0.257 e. The zero-order valence-electron chi connectivity index (χ0n) is 13.2. The van der Waals surface area contributed by atoms with Crippen molar-refractivity contribution >= 4 is 29.3 Å². The summed E-state index contributed by atoms with van der Waals surface area (Å²) in [5, 5.41) is 2.60. The number of rotatable bonds is 3. The van der Waals surface area contributed by atoms with E-state index >= 15 is 0 Å². The van der Waals surface area contributed by atoms with Crippen LogP contribution in [0, 0.1) is 0 Å². The second kappa shape index (κ2) is 6.31. The van der Waals surface area contributed by atoms with Gasteiger partial charge in [-0.1, -0.05) is 0 Å². The lowest BCUT2D eigenvalue weighted by Gasteiger charge is -2.15. The standard InChI is InChI=1S/C16H17N3O5/c1-18-6-7-24-12-3-2-10(8-11(12)16(18)23)17-13(20)9-19-14(21)4-5-15(19)22/h2-3,8H,4-7,9H2,1H3,(H,17,20). The summed E-state index contributed by atoms with van der Waals surface area (Å²) < 4.78 is 5.51. The van der Waals surface area contributed by atoms with E-state index in [0.29, 0.717) is 30.2 Å². The number of nitrogens with zero attached hydrogens (tertiary/aromatic N) is 2. The molecule has 4 amide bonds. The number of likely N-dealkylation sites (N-methyl/N-ethyl adjacent to an activating group) is 1. The van der Waals surface area contributed by atoms with Crippen LogP contribution in [-0.4, -0.2) is 60.2 Å². The lowest BCUT2D eigenvalue weighted by molar-refractivity contribution is -0.141. The first-order valence-electron chi connectivity index (χ1n) is 7.61. The van der Waals surface area contributed by atoms with Crippen LogP contribution in [0.3, 0.4) is 0 Å². The normalized spacial score (nSPS) is 17.5. The molecule has 1 aromatic carbocycles. The third-order valence-electron chi connectivity index (χ3n) is 3.98. The molecule has 0 aliphatic carbocycles. The van der Waals surface area contributed by atoms with Crippen molar-refractivity contribution in [3.05, 3.63) is 23.8 Å². The van der Waals surface area contributed by atoms with Crippen molar-refractivity contribution in [1.29, 1.82) is 0 Å². The molecule has 1 N–H and O–H groups in total. The van der Waals surface area contributed by atoms with Gasteiger partial charge in [0.15, 0.2) is 0 Å². The first kappa shape index (κ1) is 16.0. The number of likely N-dealkylation sites (tertiary alicyclic amines) is 1. The van der Waals surface area contributed by atoms with Gasteiger partial charge in [0.2, 0.25) is 17.7 Å².